The van der Waals surface area contributed by atoms with Crippen LogP contribution in [-0.4, -0.2) is 11.7 Å². The topological polar surface area (TPSA) is 20.2 Å². The van der Waals surface area contributed by atoms with Crippen molar-refractivity contribution in [2.75, 3.05) is 6.61 Å². The van der Waals surface area contributed by atoms with E-state index in [1.54, 1.807) is 0 Å². The molecule has 1 nitrogen and oxygen atoms in total. The van der Waals surface area contributed by atoms with Gasteiger partial charge in [-0.25, -0.2) is 0 Å². The van der Waals surface area contributed by atoms with E-state index in [0.717, 1.165) is 12.8 Å². The van der Waals surface area contributed by atoms with Crippen molar-refractivity contribution in [1.29, 1.82) is 0 Å². The lowest BCUT2D eigenvalue weighted by atomic mass is 10.1. The molecule has 0 amide bonds. The van der Waals surface area contributed by atoms with Gasteiger partial charge in [0.1, 0.15) is 0 Å². The third-order valence-electron chi connectivity index (χ3n) is 2.08. The Bertz CT molecular complexity index is 152. The van der Waals surface area contributed by atoms with Gasteiger partial charge in [0.2, 0.25) is 0 Å². The first-order valence-electron chi connectivity index (χ1n) is 4.69. The van der Waals surface area contributed by atoms with Crippen molar-refractivity contribution < 1.29 is 5.11 Å². The zero-order valence-corrected chi connectivity index (χ0v) is 8.38. The molecule has 0 radical (unpaired) electrons. The predicted molar refractivity (Wildman–Crippen MR) is 54.1 cm³/mol. The molecule has 0 aliphatic carbocycles. The summed E-state index contributed by atoms with van der Waals surface area (Å²) < 4.78 is 0. The number of allylic oxidation sites excluding steroid dienone is 3. The summed E-state index contributed by atoms with van der Waals surface area (Å²) in [4.78, 5) is 0. The molecule has 0 aromatic rings. The maximum atomic E-state index is 8.88. The van der Waals surface area contributed by atoms with Gasteiger partial charge >= 0.3 is 0 Å². The Hall–Kier alpha value is -0.560. The number of hydrogen-bond donors (Lipinski definition) is 1. The highest BCUT2D eigenvalue weighted by Gasteiger charge is 1.96. The average Bonchev–Trinajstić information content (AvgIpc) is 2.12. The zero-order valence-electron chi connectivity index (χ0n) is 8.38. The fraction of sp³-hybridized carbons (Fsp3) is 0.636. The number of aliphatic hydroxyl groups is 1. The van der Waals surface area contributed by atoms with E-state index in [9.17, 15) is 0 Å². The summed E-state index contributed by atoms with van der Waals surface area (Å²) in [7, 11) is 0. The standard InChI is InChI=1S/C11H20O/c1-4-10(3)7-6-8-11(5-2)9-12/h6-8,11-12H,4-5,9H2,1-3H3/b8-6+,10-7-. The van der Waals surface area contributed by atoms with Crippen molar-refractivity contribution in [2.24, 2.45) is 5.92 Å². The molecule has 0 heterocycles. The van der Waals surface area contributed by atoms with Crippen LogP contribution in [0.3, 0.4) is 0 Å². The van der Waals surface area contributed by atoms with Crippen molar-refractivity contribution in [3.63, 3.8) is 0 Å². The van der Waals surface area contributed by atoms with Crippen molar-refractivity contribution in [1.82, 2.24) is 0 Å². The summed E-state index contributed by atoms with van der Waals surface area (Å²) in [6.45, 7) is 6.60. The number of rotatable bonds is 5. The molecule has 12 heavy (non-hydrogen) atoms. The third-order valence-corrected chi connectivity index (χ3v) is 2.08. The van der Waals surface area contributed by atoms with Crippen molar-refractivity contribution in [3.05, 3.63) is 23.8 Å². The lowest BCUT2D eigenvalue weighted by Gasteiger charge is -2.02. The molecule has 0 fully saturated rings. The summed E-state index contributed by atoms with van der Waals surface area (Å²) in [5.41, 5.74) is 1.37. The van der Waals surface area contributed by atoms with Gasteiger partial charge in [0.05, 0.1) is 0 Å². The minimum absolute atomic E-state index is 0.256. The second-order valence-electron chi connectivity index (χ2n) is 3.10. The Labute approximate surface area is 75.8 Å². The Morgan fingerprint density at radius 2 is 2.08 bits per heavy atom. The summed E-state index contributed by atoms with van der Waals surface area (Å²) in [5.74, 6) is 0.325. The first kappa shape index (κ1) is 11.4. The molecule has 0 aromatic carbocycles. The smallest absolute Gasteiger partial charge is 0.0493 e. The van der Waals surface area contributed by atoms with Crippen LogP contribution in [0.4, 0.5) is 0 Å². The molecule has 0 rings (SSSR count). The maximum absolute atomic E-state index is 8.88. The van der Waals surface area contributed by atoms with E-state index in [0.29, 0.717) is 5.92 Å². The Kier molecular flexibility index (Phi) is 6.78. The fourth-order valence-corrected chi connectivity index (χ4v) is 0.821. The molecule has 0 saturated carbocycles. The third kappa shape index (κ3) is 5.14. The normalized spacial score (nSPS) is 15.5. The molecule has 0 spiro atoms. The van der Waals surface area contributed by atoms with Gasteiger partial charge in [0.15, 0.2) is 0 Å². The predicted octanol–water partition coefficient (Wildman–Crippen LogP) is 2.92. The van der Waals surface area contributed by atoms with E-state index in [-0.39, 0.29) is 6.61 Å². The highest BCUT2D eigenvalue weighted by atomic mass is 16.3. The minimum atomic E-state index is 0.256. The molecule has 1 N–H and O–H groups in total. The van der Waals surface area contributed by atoms with Gasteiger partial charge in [-0.3, -0.25) is 0 Å². The van der Waals surface area contributed by atoms with Gasteiger partial charge in [-0.15, -0.1) is 0 Å². The second kappa shape index (κ2) is 7.11. The number of hydrogen-bond acceptors (Lipinski definition) is 1. The van der Waals surface area contributed by atoms with Crippen LogP contribution in [0.5, 0.6) is 0 Å². The molecule has 0 bridgehead atoms. The molecule has 1 atom stereocenters. The zero-order chi connectivity index (χ0) is 9.40. The monoisotopic (exact) mass is 168 g/mol. The molecular formula is C11H20O. The molecule has 0 aromatic heterocycles. The summed E-state index contributed by atoms with van der Waals surface area (Å²) in [6.07, 6.45) is 8.33. The van der Waals surface area contributed by atoms with Crippen LogP contribution in [0, 0.1) is 5.92 Å². The minimum Gasteiger partial charge on any atom is -0.396 e. The fourth-order valence-electron chi connectivity index (χ4n) is 0.821. The number of aliphatic hydroxyl groups excluding tert-OH is 1. The van der Waals surface area contributed by atoms with Crippen molar-refractivity contribution >= 4 is 0 Å². The lowest BCUT2D eigenvalue weighted by Crippen LogP contribution is -1.99. The van der Waals surface area contributed by atoms with E-state index in [1.807, 2.05) is 6.08 Å². The molecule has 70 valence electrons. The Morgan fingerprint density at radius 1 is 1.42 bits per heavy atom. The average molecular weight is 168 g/mol. The van der Waals surface area contributed by atoms with Crippen LogP contribution in [0.1, 0.15) is 33.6 Å². The SMILES string of the molecule is CC/C(C)=C\C=C\C(CC)CO. The maximum Gasteiger partial charge on any atom is 0.0493 e. The van der Waals surface area contributed by atoms with Crippen LogP contribution >= 0.6 is 0 Å². The highest BCUT2D eigenvalue weighted by molar-refractivity contribution is 5.10. The summed E-state index contributed by atoms with van der Waals surface area (Å²) in [6, 6.07) is 0. The summed E-state index contributed by atoms with van der Waals surface area (Å²) in [5, 5.41) is 8.88. The molecule has 0 saturated heterocycles. The van der Waals surface area contributed by atoms with Crippen LogP contribution in [0.15, 0.2) is 23.8 Å². The second-order valence-corrected chi connectivity index (χ2v) is 3.10. The van der Waals surface area contributed by atoms with Crippen molar-refractivity contribution in [3.8, 4) is 0 Å². The van der Waals surface area contributed by atoms with E-state index in [2.05, 4.69) is 32.9 Å². The van der Waals surface area contributed by atoms with Gasteiger partial charge in [-0.05, 0) is 25.7 Å². The molecule has 1 heteroatoms. The first-order valence-corrected chi connectivity index (χ1v) is 4.69. The molecule has 0 aliphatic heterocycles. The quantitative estimate of drug-likeness (QED) is 0.626. The van der Waals surface area contributed by atoms with E-state index in [1.165, 1.54) is 5.57 Å². The van der Waals surface area contributed by atoms with E-state index < -0.39 is 0 Å². The van der Waals surface area contributed by atoms with Gasteiger partial charge in [-0.1, -0.05) is 37.6 Å². The largest absolute Gasteiger partial charge is 0.396 e. The van der Waals surface area contributed by atoms with Crippen LogP contribution < -0.4 is 0 Å². The highest BCUT2D eigenvalue weighted by Crippen LogP contribution is 2.04. The van der Waals surface area contributed by atoms with Crippen LogP contribution in [0.25, 0.3) is 0 Å². The molecule has 1 unspecified atom stereocenters. The van der Waals surface area contributed by atoms with Crippen molar-refractivity contribution in [2.45, 2.75) is 33.6 Å². The molecular weight excluding hydrogens is 148 g/mol. The Balaban J connectivity index is 3.88. The summed E-state index contributed by atoms with van der Waals surface area (Å²) >= 11 is 0. The van der Waals surface area contributed by atoms with Crippen LogP contribution in [-0.2, 0) is 0 Å². The Morgan fingerprint density at radius 3 is 2.50 bits per heavy atom. The van der Waals surface area contributed by atoms with Gasteiger partial charge in [0.25, 0.3) is 0 Å². The lowest BCUT2D eigenvalue weighted by molar-refractivity contribution is 0.249. The van der Waals surface area contributed by atoms with E-state index in [4.69, 9.17) is 5.11 Å². The molecule has 0 aliphatic rings. The van der Waals surface area contributed by atoms with E-state index >= 15 is 0 Å². The van der Waals surface area contributed by atoms with Gasteiger partial charge in [0, 0.05) is 6.61 Å². The van der Waals surface area contributed by atoms with Gasteiger partial charge in [-0.2, -0.15) is 0 Å². The first-order chi connectivity index (χ1) is 5.74. The van der Waals surface area contributed by atoms with Gasteiger partial charge < -0.3 is 5.11 Å². The van der Waals surface area contributed by atoms with Crippen LogP contribution in [0.2, 0.25) is 0 Å².